The Morgan fingerprint density at radius 2 is 1.85 bits per heavy atom. The van der Waals surface area contributed by atoms with Crippen molar-refractivity contribution in [1.29, 1.82) is 0 Å². The first kappa shape index (κ1) is 18.6. The molecule has 2 aromatic carbocycles. The van der Waals surface area contributed by atoms with Gasteiger partial charge in [-0.25, -0.2) is 4.79 Å². The van der Waals surface area contributed by atoms with Crippen molar-refractivity contribution in [2.75, 3.05) is 23.9 Å². The summed E-state index contributed by atoms with van der Waals surface area (Å²) < 4.78 is 4.79. The second-order valence-electron chi connectivity index (χ2n) is 6.45. The summed E-state index contributed by atoms with van der Waals surface area (Å²) in [6.07, 6.45) is 1.04. The van der Waals surface area contributed by atoms with Gasteiger partial charge >= 0.3 is 5.97 Å². The van der Waals surface area contributed by atoms with E-state index in [4.69, 9.17) is 4.74 Å². The van der Waals surface area contributed by atoms with Crippen LogP contribution in [-0.4, -0.2) is 31.4 Å². The number of carbonyl (C=O) groups excluding carboxylic acids is 3. The summed E-state index contributed by atoms with van der Waals surface area (Å²) in [4.78, 5) is 38.5. The number of nitrogens with one attached hydrogen (secondary N) is 1. The van der Waals surface area contributed by atoms with E-state index in [0.29, 0.717) is 16.9 Å². The van der Waals surface area contributed by atoms with Crippen molar-refractivity contribution in [3.63, 3.8) is 0 Å². The van der Waals surface area contributed by atoms with Crippen LogP contribution >= 0.6 is 0 Å². The average Bonchev–Trinajstić information content (AvgIpc) is 3.09. The van der Waals surface area contributed by atoms with Gasteiger partial charge < -0.3 is 15.0 Å². The first-order valence-electron chi connectivity index (χ1n) is 8.91. The van der Waals surface area contributed by atoms with Crippen LogP contribution in [0.25, 0.3) is 0 Å². The van der Waals surface area contributed by atoms with Crippen LogP contribution in [0.15, 0.2) is 48.5 Å². The zero-order valence-electron chi connectivity index (χ0n) is 15.4. The van der Waals surface area contributed by atoms with Crippen molar-refractivity contribution < 1.29 is 19.1 Å². The Labute approximate surface area is 158 Å². The molecule has 1 N–H and O–H groups in total. The summed E-state index contributed by atoms with van der Waals surface area (Å²) in [5.41, 5.74) is 2.68. The maximum absolute atomic E-state index is 12.6. The van der Waals surface area contributed by atoms with Crippen LogP contribution in [0.2, 0.25) is 0 Å². The van der Waals surface area contributed by atoms with Crippen molar-refractivity contribution >= 4 is 29.2 Å². The van der Waals surface area contributed by atoms with E-state index in [1.54, 1.807) is 24.3 Å². The third-order valence-electron chi connectivity index (χ3n) is 4.73. The van der Waals surface area contributed by atoms with E-state index in [0.717, 1.165) is 6.42 Å². The molecule has 27 heavy (non-hydrogen) atoms. The molecule has 1 aliphatic heterocycles. The van der Waals surface area contributed by atoms with Crippen LogP contribution in [0.4, 0.5) is 11.4 Å². The predicted molar refractivity (Wildman–Crippen MR) is 103 cm³/mol. The van der Waals surface area contributed by atoms with Crippen molar-refractivity contribution in [2.45, 2.75) is 19.8 Å². The summed E-state index contributed by atoms with van der Waals surface area (Å²) in [5.74, 6) is -1.38. The molecule has 0 radical (unpaired) electrons. The number of anilines is 2. The van der Waals surface area contributed by atoms with Crippen molar-refractivity contribution in [2.24, 2.45) is 5.92 Å². The van der Waals surface area contributed by atoms with Gasteiger partial charge in [0, 0.05) is 18.7 Å². The molecule has 0 saturated carbocycles. The summed E-state index contributed by atoms with van der Waals surface area (Å²) in [6.45, 7) is 2.30. The number of benzene rings is 2. The highest BCUT2D eigenvalue weighted by atomic mass is 16.5. The molecule has 6 nitrogen and oxygen atoms in total. The van der Waals surface area contributed by atoms with E-state index in [1.807, 2.05) is 24.3 Å². The lowest BCUT2D eigenvalue weighted by atomic mass is 10.1. The van der Waals surface area contributed by atoms with Crippen molar-refractivity contribution in [3.05, 3.63) is 59.7 Å². The number of carbonyl (C=O) groups is 3. The van der Waals surface area contributed by atoms with E-state index in [9.17, 15) is 14.4 Å². The lowest BCUT2D eigenvalue weighted by molar-refractivity contribution is -0.122. The molecule has 1 unspecified atom stereocenters. The first-order chi connectivity index (χ1) is 13.0. The number of para-hydroxylation sites is 1. The minimum Gasteiger partial charge on any atom is -0.465 e. The molecule has 0 aliphatic carbocycles. The summed E-state index contributed by atoms with van der Waals surface area (Å²) >= 11 is 0. The number of ether oxygens (including phenoxy) is 1. The third kappa shape index (κ3) is 4.00. The number of aryl methyl sites for hydroxylation is 1. The number of hydrogen-bond acceptors (Lipinski definition) is 4. The smallest absolute Gasteiger partial charge is 0.339 e. The van der Waals surface area contributed by atoms with Crippen LogP contribution in [-0.2, 0) is 20.7 Å². The van der Waals surface area contributed by atoms with Gasteiger partial charge in [0.2, 0.25) is 11.8 Å². The molecule has 0 bridgehead atoms. The van der Waals surface area contributed by atoms with Crippen LogP contribution < -0.4 is 10.2 Å². The maximum atomic E-state index is 12.6. The Morgan fingerprint density at radius 3 is 2.52 bits per heavy atom. The number of amides is 2. The number of hydrogen-bond donors (Lipinski definition) is 1. The van der Waals surface area contributed by atoms with Gasteiger partial charge in [0.25, 0.3) is 0 Å². The molecule has 0 aromatic heterocycles. The van der Waals surface area contributed by atoms with E-state index in [-0.39, 0.29) is 24.8 Å². The Kier molecular flexibility index (Phi) is 5.54. The second kappa shape index (κ2) is 8.03. The minimum absolute atomic E-state index is 0.106. The molecule has 3 rings (SSSR count). The van der Waals surface area contributed by atoms with Crippen LogP contribution in [0.3, 0.4) is 0 Å². The Morgan fingerprint density at radius 1 is 1.15 bits per heavy atom. The van der Waals surface area contributed by atoms with Crippen LogP contribution in [0.5, 0.6) is 0 Å². The van der Waals surface area contributed by atoms with Gasteiger partial charge in [-0.1, -0.05) is 31.2 Å². The molecular weight excluding hydrogens is 344 g/mol. The number of esters is 1. The van der Waals surface area contributed by atoms with E-state index < -0.39 is 11.9 Å². The van der Waals surface area contributed by atoms with E-state index in [1.165, 1.54) is 17.6 Å². The molecule has 6 heteroatoms. The van der Waals surface area contributed by atoms with E-state index >= 15 is 0 Å². The zero-order chi connectivity index (χ0) is 19.4. The second-order valence-corrected chi connectivity index (χ2v) is 6.45. The van der Waals surface area contributed by atoms with Gasteiger partial charge in [0.05, 0.1) is 24.3 Å². The highest BCUT2D eigenvalue weighted by molar-refractivity contribution is 6.07. The van der Waals surface area contributed by atoms with Crippen molar-refractivity contribution in [1.82, 2.24) is 0 Å². The summed E-state index contributed by atoms with van der Waals surface area (Å²) in [5, 5.41) is 2.87. The number of nitrogens with zero attached hydrogens (tertiary/aromatic N) is 1. The SMILES string of the molecule is CCc1ccc(NC(=O)C2CC(=O)N(c3ccccc3C(=O)OC)C2)cc1. The van der Waals surface area contributed by atoms with Gasteiger partial charge in [-0.2, -0.15) is 0 Å². The van der Waals surface area contributed by atoms with Crippen LogP contribution in [0.1, 0.15) is 29.3 Å². The first-order valence-corrected chi connectivity index (χ1v) is 8.91. The largest absolute Gasteiger partial charge is 0.465 e. The number of rotatable bonds is 5. The van der Waals surface area contributed by atoms with Gasteiger partial charge in [-0.15, -0.1) is 0 Å². The molecule has 0 spiro atoms. The number of methoxy groups -OCH3 is 1. The van der Waals surface area contributed by atoms with Gasteiger partial charge in [0.1, 0.15) is 0 Å². The fourth-order valence-corrected chi connectivity index (χ4v) is 3.18. The highest BCUT2D eigenvalue weighted by Gasteiger charge is 2.36. The standard InChI is InChI=1S/C21H22N2O4/c1-3-14-8-10-16(11-9-14)22-20(25)15-12-19(24)23(13-15)18-7-5-4-6-17(18)21(26)27-2/h4-11,15H,3,12-13H2,1-2H3,(H,22,25). The van der Waals surface area contributed by atoms with E-state index in [2.05, 4.69) is 12.2 Å². The Hall–Kier alpha value is -3.15. The molecule has 1 heterocycles. The predicted octanol–water partition coefficient (Wildman–Crippen LogP) is 3.03. The molecule has 140 valence electrons. The van der Waals surface area contributed by atoms with Gasteiger partial charge in [-0.3, -0.25) is 9.59 Å². The van der Waals surface area contributed by atoms with Gasteiger partial charge in [-0.05, 0) is 36.2 Å². The molecule has 1 aliphatic rings. The van der Waals surface area contributed by atoms with Crippen LogP contribution in [0, 0.1) is 5.92 Å². The normalized spacial score (nSPS) is 16.3. The average molecular weight is 366 g/mol. The third-order valence-corrected chi connectivity index (χ3v) is 4.73. The quantitative estimate of drug-likeness (QED) is 0.826. The Bertz CT molecular complexity index is 861. The Balaban J connectivity index is 1.73. The topological polar surface area (TPSA) is 75.7 Å². The molecule has 2 amide bonds. The minimum atomic E-state index is -0.512. The summed E-state index contributed by atoms with van der Waals surface area (Å²) in [7, 11) is 1.30. The fourth-order valence-electron chi connectivity index (χ4n) is 3.18. The molecule has 1 saturated heterocycles. The van der Waals surface area contributed by atoms with Gasteiger partial charge in [0.15, 0.2) is 0 Å². The summed E-state index contributed by atoms with van der Waals surface area (Å²) in [6, 6.07) is 14.4. The monoisotopic (exact) mass is 366 g/mol. The maximum Gasteiger partial charge on any atom is 0.339 e. The molecule has 1 atom stereocenters. The fraction of sp³-hybridized carbons (Fsp3) is 0.286. The zero-order valence-corrected chi connectivity index (χ0v) is 15.4. The molecule has 2 aromatic rings. The lowest BCUT2D eigenvalue weighted by Gasteiger charge is -2.19. The lowest BCUT2D eigenvalue weighted by Crippen LogP contribution is -2.29. The highest BCUT2D eigenvalue weighted by Crippen LogP contribution is 2.29. The molecule has 1 fully saturated rings. The molecular formula is C21H22N2O4. The van der Waals surface area contributed by atoms with Crippen molar-refractivity contribution in [3.8, 4) is 0 Å².